The molecule has 2 aromatic rings. The number of esters is 1. The molecule has 0 aliphatic carbocycles. The Labute approximate surface area is 194 Å². The molecule has 2 aromatic carbocycles. The highest BCUT2D eigenvalue weighted by Crippen LogP contribution is 2.32. The first-order chi connectivity index (χ1) is 16.0. The van der Waals surface area contributed by atoms with E-state index >= 15 is 0 Å². The van der Waals surface area contributed by atoms with Crippen molar-refractivity contribution in [2.75, 3.05) is 19.7 Å². The number of rotatable bonds is 7. The summed E-state index contributed by atoms with van der Waals surface area (Å²) in [7, 11) is 0. The minimum Gasteiger partial charge on any atom is -0.475 e. The lowest BCUT2D eigenvalue weighted by atomic mass is 9.90. The van der Waals surface area contributed by atoms with E-state index in [1.54, 1.807) is 19.1 Å². The van der Waals surface area contributed by atoms with Crippen molar-refractivity contribution in [2.24, 2.45) is 16.8 Å². The van der Waals surface area contributed by atoms with Gasteiger partial charge in [0.15, 0.2) is 12.0 Å². The summed E-state index contributed by atoms with van der Waals surface area (Å²) in [6, 6.07) is 12.9. The van der Waals surface area contributed by atoms with Crippen LogP contribution in [0, 0.1) is 5.92 Å². The molecule has 1 saturated heterocycles. The van der Waals surface area contributed by atoms with Gasteiger partial charge in [-0.15, -0.1) is 0 Å². The predicted molar refractivity (Wildman–Crippen MR) is 126 cm³/mol. The summed E-state index contributed by atoms with van der Waals surface area (Å²) in [5.41, 5.74) is 9.19. The van der Waals surface area contributed by atoms with Crippen LogP contribution in [0.2, 0.25) is 0 Å². The third-order valence-corrected chi connectivity index (χ3v) is 6.15. The Morgan fingerprint density at radius 3 is 2.58 bits per heavy atom. The molecular formula is C26H31N3O4. The number of piperidine rings is 1. The number of ether oxygens (including phenoxy) is 2. The average Bonchev–Trinajstić information content (AvgIpc) is 2.83. The summed E-state index contributed by atoms with van der Waals surface area (Å²) in [5.74, 6) is 0.0837. The van der Waals surface area contributed by atoms with Gasteiger partial charge in [0.2, 0.25) is 0 Å². The first-order valence-corrected chi connectivity index (χ1v) is 11.7. The van der Waals surface area contributed by atoms with E-state index in [9.17, 15) is 9.59 Å². The highest BCUT2D eigenvalue weighted by Gasteiger charge is 2.30. The van der Waals surface area contributed by atoms with Crippen LogP contribution in [0.3, 0.4) is 0 Å². The average molecular weight is 450 g/mol. The smallest absolute Gasteiger partial charge is 0.306 e. The summed E-state index contributed by atoms with van der Waals surface area (Å²) in [5, 5.41) is 6.64. The highest BCUT2D eigenvalue weighted by atomic mass is 16.5. The number of nitrogens with two attached hydrogens (primary N) is 1. The second-order valence-corrected chi connectivity index (χ2v) is 8.59. The van der Waals surface area contributed by atoms with E-state index in [2.05, 4.69) is 10.1 Å². The van der Waals surface area contributed by atoms with Gasteiger partial charge in [-0.05, 0) is 49.8 Å². The minimum absolute atomic E-state index is 0.0804. The maximum atomic E-state index is 13.0. The molecule has 2 atom stereocenters. The van der Waals surface area contributed by atoms with Crippen molar-refractivity contribution in [3.8, 4) is 5.75 Å². The molecule has 0 bridgehead atoms. The van der Waals surface area contributed by atoms with Crippen LogP contribution in [0.25, 0.3) is 0 Å². The zero-order chi connectivity index (χ0) is 23.2. The second kappa shape index (κ2) is 10.6. The minimum atomic E-state index is -0.620. The van der Waals surface area contributed by atoms with Crippen LogP contribution in [-0.4, -0.2) is 48.9 Å². The SMILES string of the molecule is CCOC(=O)CC1Cc2ccc(C(=O)c3ccc(C=NN4CCCCC4)cc3)cc2OC1N. The van der Waals surface area contributed by atoms with E-state index in [-0.39, 0.29) is 24.1 Å². The quantitative estimate of drug-likeness (QED) is 0.395. The van der Waals surface area contributed by atoms with Gasteiger partial charge >= 0.3 is 5.97 Å². The number of fused-ring (bicyclic) bond motifs is 1. The normalized spacial score (nSPS) is 20.2. The molecular weight excluding hydrogens is 418 g/mol. The number of hydrogen-bond donors (Lipinski definition) is 1. The molecule has 1 fully saturated rings. The van der Waals surface area contributed by atoms with Gasteiger partial charge in [-0.3, -0.25) is 20.3 Å². The van der Waals surface area contributed by atoms with Crippen LogP contribution in [0.5, 0.6) is 5.75 Å². The Balaban J connectivity index is 1.41. The van der Waals surface area contributed by atoms with E-state index in [1.807, 2.05) is 36.5 Å². The van der Waals surface area contributed by atoms with Gasteiger partial charge in [0.1, 0.15) is 5.75 Å². The molecule has 0 aromatic heterocycles. The molecule has 2 unspecified atom stereocenters. The van der Waals surface area contributed by atoms with Crippen molar-refractivity contribution in [3.05, 3.63) is 64.7 Å². The van der Waals surface area contributed by atoms with Crippen LogP contribution in [-0.2, 0) is 16.0 Å². The van der Waals surface area contributed by atoms with Crippen molar-refractivity contribution < 1.29 is 19.1 Å². The molecule has 7 nitrogen and oxygen atoms in total. The topological polar surface area (TPSA) is 94.2 Å². The summed E-state index contributed by atoms with van der Waals surface area (Å²) in [6.45, 7) is 4.12. The van der Waals surface area contributed by atoms with Gasteiger partial charge in [-0.1, -0.05) is 36.4 Å². The van der Waals surface area contributed by atoms with Crippen molar-refractivity contribution in [3.63, 3.8) is 0 Å². The number of hydrazone groups is 1. The lowest BCUT2D eigenvalue weighted by Crippen LogP contribution is -2.41. The van der Waals surface area contributed by atoms with Gasteiger partial charge < -0.3 is 9.47 Å². The van der Waals surface area contributed by atoms with Crippen molar-refractivity contribution in [1.82, 2.24) is 5.01 Å². The number of hydrogen-bond acceptors (Lipinski definition) is 7. The number of ketones is 1. The number of nitrogens with zero attached hydrogens (tertiary/aromatic N) is 2. The molecule has 0 spiro atoms. The van der Waals surface area contributed by atoms with E-state index in [0.717, 1.165) is 24.2 Å². The summed E-state index contributed by atoms with van der Waals surface area (Å²) < 4.78 is 10.9. The first-order valence-electron chi connectivity index (χ1n) is 11.7. The molecule has 4 rings (SSSR count). The van der Waals surface area contributed by atoms with Crippen molar-refractivity contribution in [2.45, 2.75) is 45.3 Å². The molecule has 0 amide bonds. The molecule has 174 valence electrons. The van der Waals surface area contributed by atoms with E-state index in [1.165, 1.54) is 19.3 Å². The van der Waals surface area contributed by atoms with E-state index in [4.69, 9.17) is 15.2 Å². The fraction of sp³-hybridized carbons (Fsp3) is 0.423. The third-order valence-electron chi connectivity index (χ3n) is 6.15. The fourth-order valence-electron chi connectivity index (χ4n) is 4.27. The molecule has 7 heteroatoms. The van der Waals surface area contributed by atoms with Crippen LogP contribution in [0.4, 0.5) is 0 Å². The third kappa shape index (κ3) is 5.79. The van der Waals surface area contributed by atoms with Gasteiger partial charge in [-0.25, -0.2) is 0 Å². The monoisotopic (exact) mass is 449 g/mol. The first kappa shape index (κ1) is 23.0. The lowest BCUT2D eigenvalue weighted by molar-refractivity contribution is -0.145. The Morgan fingerprint density at radius 1 is 1.12 bits per heavy atom. The molecule has 2 aliphatic rings. The molecule has 0 radical (unpaired) electrons. The van der Waals surface area contributed by atoms with Gasteiger partial charge in [0, 0.05) is 30.1 Å². The van der Waals surface area contributed by atoms with Crippen molar-refractivity contribution in [1.29, 1.82) is 0 Å². The summed E-state index contributed by atoms with van der Waals surface area (Å²) >= 11 is 0. The number of carbonyl (C=O) groups excluding carboxylic acids is 2. The van der Waals surface area contributed by atoms with Crippen molar-refractivity contribution >= 4 is 18.0 Å². The summed E-state index contributed by atoms with van der Waals surface area (Å²) in [4.78, 5) is 24.8. The molecule has 0 saturated carbocycles. The highest BCUT2D eigenvalue weighted by molar-refractivity contribution is 6.09. The largest absolute Gasteiger partial charge is 0.475 e. The molecule has 2 heterocycles. The molecule has 2 aliphatic heterocycles. The van der Waals surface area contributed by atoms with E-state index < -0.39 is 6.23 Å². The van der Waals surface area contributed by atoms with Crippen LogP contribution in [0.15, 0.2) is 47.6 Å². The second-order valence-electron chi connectivity index (χ2n) is 8.59. The fourth-order valence-corrected chi connectivity index (χ4v) is 4.27. The van der Waals surface area contributed by atoms with Gasteiger partial charge in [-0.2, -0.15) is 5.10 Å². The van der Waals surface area contributed by atoms with Crippen LogP contribution in [0.1, 0.15) is 59.7 Å². The Kier molecular flexibility index (Phi) is 7.40. The Morgan fingerprint density at radius 2 is 1.85 bits per heavy atom. The van der Waals surface area contributed by atoms with Gasteiger partial charge in [0.25, 0.3) is 0 Å². The Hall–Kier alpha value is -3.19. The van der Waals surface area contributed by atoms with Crippen LogP contribution >= 0.6 is 0 Å². The van der Waals surface area contributed by atoms with E-state index in [0.29, 0.717) is 29.9 Å². The maximum absolute atomic E-state index is 13.0. The standard InChI is InChI=1S/C26H31N3O4/c1-2-32-24(30)16-22-14-20-10-11-21(15-23(20)33-26(22)27)25(31)19-8-6-18(7-9-19)17-28-29-12-4-3-5-13-29/h6-11,15,17,22,26H,2-5,12-14,16,27H2,1H3. The summed E-state index contributed by atoms with van der Waals surface area (Å²) in [6.07, 6.45) is 5.69. The number of benzene rings is 2. The zero-order valence-corrected chi connectivity index (χ0v) is 19.0. The molecule has 33 heavy (non-hydrogen) atoms. The number of carbonyl (C=O) groups is 2. The van der Waals surface area contributed by atoms with Gasteiger partial charge in [0.05, 0.1) is 19.2 Å². The maximum Gasteiger partial charge on any atom is 0.306 e. The lowest BCUT2D eigenvalue weighted by Gasteiger charge is -2.30. The predicted octanol–water partition coefficient (Wildman–Crippen LogP) is 3.53. The molecule has 2 N–H and O–H groups in total. The van der Waals surface area contributed by atoms with Crippen LogP contribution < -0.4 is 10.5 Å². The Bertz CT molecular complexity index is 1010. The zero-order valence-electron chi connectivity index (χ0n) is 19.0.